The first-order chi connectivity index (χ1) is 7.52. The van der Waals surface area contributed by atoms with Gasteiger partial charge in [0.05, 0.1) is 0 Å². The molecule has 0 saturated heterocycles. The molecule has 3 N–H and O–H groups in total. The van der Waals surface area contributed by atoms with Crippen molar-refractivity contribution in [2.45, 2.75) is 39.5 Å². The number of primary amides is 1. The SMILES string of the molecule is CC(C)CNC(=O)C1CCCCC1C(N)=O. The third kappa shape index (κ3) is 3.51. The molecule has 2 amide bonds. The fourth-order valence-electron chi connectivity index (χ4n) is 2.22. The van der Waals surface area contributed by atoms with E-state index in [1.165, 1.54) is 0 Å². The highest BCUT2D eigenvalue weighted by Gasteiger charge is 2.34. The Morgan fingerprint density at radius 2 is 1.81 bits per heavy atom. The molecule has 0 aromatic rings. The quantitative estimate of drug-likeness (QED) is 0.752. The van der Waals surface area contributed by atoms with E-state index in [9.17, 15) is 9.59 Å². The van der Waals surface area contributed by atoms with Crippen molar-refractivity contribution >= 4 is 11.8 Å². The van der Waals surface area contributed by atoms with E-state index in [-0.39, 0.29) is 23.7 Å². The average molecular weight is 226 g/mol. The van der Waals surface area contributed by atoms with Gasteiger partial charge in [0.25, 0.3) is 0 Å². The van der Waals surface area contributed by atoms with Crippen molar-refractivity contribution < 1.29 is 9.59 Å². The highest BCUT2D eigenvalue weighted by Crippen LogP contribution is 2.29. The summed E-state index contributed by atoms with van der Waals surface area (Å²) in [4.78, 5) is 23.1. The third-order valence-electron chi connectivity index (χ3n) is 3.15. The van der Waals surface area contributed by atoms with E-state index in [4.69, 9.17) is 5.73 Å². The van der Waals surface area contributed by atoms with Gasteiger partial charge in [-0.25, -0.2) is 0 Å². The maximum absolute atomic E-state index is 11.9. The Labute approximate surface area is 97.0 Å². The number of rotatable bonds is 4. The van der Waals surface area contributed by atoms with E-state index in [1.807, 2.05) is 13.8 Å². The van der Waals surface area contributed by atoms with Gasteiger partial charge in [-0.2, -0.15) is 0 Å². The lowest BCUT2D eigenvalue weighted by molar-refractivity contribution is -0.135. The van der Waals surface area contributed by atoms with Gasteiger partial charge in [0.1, 0.15) is 0 Å². The van der Waals surface area contributed by atoms with Gasteiger partial charge in [0, 0.05) is 18.4 Å². The number of amides is 2. The van der Waals surface area contributed by atoms with Crippen LogP contribution in [-0.2, 0) is 9.59 Å². The lowest BCUT2D eigenvalue weighted by Crippen LogP contribution is -2.42. The van der Waals surface area contributed by atoms with E-state index in [1.54, 1.807) is 0 Å². The van der Waals surface area contributed by atoms with Gasteiger partial charge in [0.2, 0.25) is 11.8 Å². The van der Waals surface area contributed by atoms with Crippen molar-refractivity contribution in [1.29, 1.82) is 0 Å². The zero-order valence-electron chi connectivity index (χ0n) is 10.2. The van der Waals surface area contributed by atoms with Crippen molar-refractivity contribution in [3.63, 3.8) is 0 Å². The van der Waals surface area contributed by atoms with E-state index in [0.717, 1.165) is 25.7 Å². The van der Waals surface area contributed by atoms with Crippen molar-refractivity contribution in [3.8, 4) is 0 Å². The zero-order chi connectivity index (χ0) is 12.1. The van der Waals surface area contributed by atoms with Gasteiger partial charge in [-0.15, -0.1) is 0 Å². The summed E-state index contributed by atoms with van der Waals surface area (Å²) in [6.07, 6.45) is 3.57. The number of hydrogen-bond acceptors (Lipinski definition) is 2. The lowest BCUT2D eigenvalue weighted by atomic mass is 9.78. The third-order valence-corrected chi connectivity index (χ3v) is 3.15. The van der Waals surface area contributed by atoms with Gasteiger partial charge in [-0.3, -0.25) is 9.59 Å². The molecule has 2 unspecified atom stereocenters. The second-order valence-corrected chi connectivity index (χ2v) is 5.04. The van der Waals surface area contributed by atoms with Crippen LogP contribution in [0.1, 0.15) is 39.5 Å². The second kappa shape index (κ2) is 5.87. The van der Waals surface area contributed by atoms with Crippen molar-refractivity contribution in [1.82, 2.24) is 5.32 Å². The van der Waals surface area contributed by atoms with Crippen LogP contribution in [0.25, 0.3) is 0 Å². The van der Waals surface area contributed by atoms with Crippen LogP contribution >= 0.6 is 0 Å². The van der Waals surface area contributed by atoms with Crippen LogP contribution in [0, 0.1) is 17.8 Å². The molecule has 0 bridgehead atoms. The van der Waals surface area contributed by atoms with Crippen LogP contribution < -0.4 is 11.1 Å². The standard InChI is InChI=1S/C12H22N2O2/c1-8(2)7-14-12(16)10-6-4-3-5-9(10)11(13)15/h8-10H,3-7H2,1-2H3,(H2,13,15)(H,14,16). The number of nitrogens with one attached hydrogen (secondary N) is 1. The van der Waals surface area contributed by atoms with E-state index in [2.05, 4.69) is 5.32 Å². The van der Waals surface area contributed by atoms with Crippen LogP contribution in [0.3, 0.4) is 0 Å². The van der Waals surface area contributed by atoms with Crippen LogP contribution in [0.2, 0.25) is 0 Å². The summed E-state index contributed by atoms with van der Waals surface area (Å²) in [6.45, 7) is 4.76. The molecule has 0 radical (unpaired) electrons. The predicted molar refractivity (Wildman–Crippen MR) is 62.5 cm³/mol. The summed E-state index contributed by atoms with van der Waals surface area (Å²) in [5.74, 6) is -0.368. The smallest absolute Gasteiger partial charge is 0.223 e. The molecule has 1 saturated carbocycles. The number of nitrogens with two attached hydrogens (primary N) is 1. The van der Waals surface area contributed by atoms with Crippen LogP contribution in [0.15, 0.2) is 0 Å². The molecule has 2 atom stereocenters. The van der Waals surface area contributed by atoms with Crippen LogP contribution in [-0.4, -0.2) is 18.4 Å². The minimum absolute atomic E-state index is 0.00259. The molecule has 0 aliphatic heterocycles. The summed E-state index contributed by atoms with van der Waals surface area (Å²) in [5, 5.41) is 2.89. The molecule has 92 valence electrons. The highest BCUT2D eigenvalue weighted by atomic mass is 16.2. The Balaban J connectivity index is 2.54. The lowest BCUT2D eigenvalue weighted by Gasteiger charge is -2.28. The van der Waals surface area contributed by atoms with Gasteiger partial charge in [0.15, 0.2) is 0 Å². The summed E-state index contributed by atoms with van der Waals surface area (Å²) < 4.78 is 0. The normalized spacial score (nSPS) is 25.4. The molecule has 0 heterocycles. The summed E-state index contributed by atoms with van der Waals surface area (Å²) in [5.41, 5.74) is 5.33. The van der Waals surface area contributed by atoms with E-state index >= 15 is 0 Å². The van der Waals surface area contributed by atoms with Gasteiger partial charge < -0.3 is 11.1 Å². The fraction of sp³-hybridized carbons (Fsp3) is 0.833. The van der Waals surface area contributed by atoms with E-state index < -0.39 is 0 Å². The summed E-state index contributed by atoms with van der Waals surface area (Å²) in [6, 6.07) is 0. The summed E-state index contributed by atoms with van der Waals surface area (Å²) in [7, 11) is 0. The number of carbonyl (C=O) groups is 2. The first kappa shape index (κ1) is 13.0. The maximum Gasteiger partial charge on any atom is 0.223 e. The second-order valence-electron chi connectivity index (χ2n) is 5.04. The maximum atomic E-state index is 11.9. The molecule has 4 heteroatoms. The van der Waals surface area contributed by atoms with Crippen molar-refractivity contribution in [3.05, 3.63) is 0 Å². The fourth-order valence-corrected chi connectivity index (χ4v) is 2.22. The largest absolute Gasteiger partial charge is 0.369 e. The molecule has 1 aliphatic rings. The molecule has 1 aliphatic carbocycles. The first-order valence-electron chi connectivity index (χ1n) is 6.09. The van der Waals surface area contributed by atoms with Gasteiger partial charge in [-0.1, -0.05) is 26.7 Å². The molecule has 1 rings (SSSR count). The minimum atomic E-state index is -0.329. The Kier molecular flexibility index (Phi) is 4.77. The van der Waals surface area contributed by atoms with Crippen LogP contribution in [0.4, 0.5) is 0 Å². The Morgan fingerprint density at radius 1 is 1.25 bits per heavy atom. The van der Waals surface area contributed by atoms with Gasteiger partial charge in [-0.05, 0) is 18.8 Å². The zero-order valence-corrected chi connectivity index (χ0v) is 10.2. The average Bonchev–Trinajstić information content (AvgIpc) is 2.25. The predicted octanol–water partition coefficient (Wildman–Crippen LogP) is 1.05. The molecule has 16 heavy (non-hydrogen) atoms. The monoisotopic (exact) mass is 226 g/mol. The highest BCUT2D eigenvalue weighted by molar-refractivity contribution is 5.87. The Morgan fingerprint density at radius 3 is 2.31 bits per heavy atom. The molecule has 0 aromatic carbocycles. The molecule has 1 fully saturated rings. The molecule has 0 aromatic heterocycles. The molecule has 4 nitrogen and oxygen atoms in total. The van der Waals surface area contributed by atoms with Crippen LogP contribution in [0.5, 0.6) is 0 Å². The van der Waals surface area contributed by atoms with E-state index in [0.29, 0.717) is 12.5 Å². The number of carbonyl (C=O) groups excluding carboxylic acids is 2. The molecular weight excluding hydrogens is 204 g/mol. The number of hydrogen-bond donors (Lipinski definition) is 2. The van der Waals surface area contributed by atoms with Crippen molar-refractivity contribution in [2.24, 2.45) is 23.5 Å². The Bertz CT molecular complexity index is 264. The summed E-state index contributed by atoms with van der Waals surface area (Å²) >= 11 is 0. The first-order valence-corrected chi connectivity index (χ1v) is 6.09. The minimum Gasteiger partial charge on any atom is -0.369 e. The van der Waals surface area contributed by atoms with Gasteiger partial charge >= 0.3 is 0 Å². The Hall–Kier alpha value is -1.06. The topological polar surface area (TPSA) is 72.2 Å². The van der Waals surface area contributed by atoms with Crippen molar-refractivity contribution in [2.75, 3.05) is 6.54 Å². The molecular formula is C12H22N2O2. The molecule has 0 spiro atoms.